The van der Waals surface area contributed by atoms with Crippen LogP contribution in [0.5, 0.6) is 0 Å². The Morgan fingerprint density at radius 3 is 2.73 bits per heavy atom. The van der Waals surface area contributed by atoms with Gasteiger partial charge in [0.15, 0.2) is 0 Å². The average molecular weight is 438 g/mol. The molecule has 0 aromatic carbocycles. The number of aromatic nitrogens is 1. The van der Waals surface area contributed by atoms with Crippen LogP contribution in [0.1, 0.15) is 45.0 Å². The number of nitrogens with one attached hydrogen (secondary N) is 1. The van der Waals surface area contributed by atoms with Crippen LogP contribution in [-0.4, -0.2) is 67.6 Å². The first-order chi connectivity index (χ1) is 14.2. The second-order valence-corrected chi connectivity index (χ2v) is 10.3. The van der Waals surface area contributed by atoms with Crippen molar-refractivity contribution in [1.82, 2.24) is 14.6 Å². The zero-order valence-electron chi connectivity index (χ0n) is 17.8. The van der Waals surface area contributed by atoms with Crippen LogP contribution >= 0.6 is 0 Å². The highest BCUT2D eigenvalue weighted by molar-refractivity contribution is 7.90. The van der Waals surface area contributed by atoms with Crippen LogP contribution in [-0.2, 0) is 25.9 Å². The van der Waals surface area contributed by atoms with E-state index in [-0.39, 0.29) is 19.3 Å². The van der Waals surface area contributed by atoms with Crippen LogP contribution in [0.25, 0.3) is 5.57 Å². The minimum Gasteiger partial charge on any atom is -0.447 e. The van der Waals surface area contributed by atoms with E-state index in [0.29, 0.717) is 25.8 Å². The lowest BCUT2D eigenvalue weighted by Crippen LogP contribution is -2.60. The molecule has 1 amide bonds. The summed E-state index contributed by atoms with van der Waals surface area (Å²) >= 11 is 0. The zero-order valence-corrected chi connectivity index (χ0v) is 18.7. The molecule has 0 radical (unpaired) electrons. The molecule has 3 heterocycles. The highest BCUT2D eigenvalue weighted by Gasteiger charge is 2.41. The van der Waals surface area contributed by atoms with Gasteiger partial charge >= 0.3 is 6.09 Å². The van der Waals surface area contributed by atoms with E-state index in [9.17, 15) is 13.2 Å². The Morgan fingerprint density at radius 1 is 1.40 bits per heavy atom. The molecular weight excluding hydrogens is 406 g/mol. The molecule has 166 valence electrons. The average Bonchev–Trinajstić information content (AvgIpc) is 2.60. The van der Waals surface area contributed by atoms with Crippen LogP contribution in [0.3, 0.4) is 0 Å². The van der Waals surface area contributed by atoms with Crippen molar-refractivity contribution in [2.75, 3.05) is 19.8 Å². The van der Waals surface area contributed by atoms with E-state index in [1.807, 2.05) is 25.1 Å². The summed E-state index contributed by atoms with van der Waals surface area (Å²) in [5.41, 5.74) is 2.41. The number of carbonyl (C=O) groups excluding carboxylic acids is 1. The van der Waals surface area contributed by atoms with Gasteiger partial charge in [-0.3, -0.25) is 4.98 Å². The number of pyridine rings is 1. The highest BCUT2D eigenvalue weighted by Crippen LogP contribution is 2.25. The van der Waals surface area contributed by atoms with Gasteiger partial charge < -0.3 is 14.4 Å². The SMILES string of the molecule is C=C(C)c1cccc(CC2C(NS(=O)(=O)C3COC3)CCCN2C(=O)OC(C)C)n1. The van der Waals surface area contributed by atoms with Gasteiger partial charge in [0, 0.05) is 24.7 Å². The van der Waals surface area contributed by atoms with Gasteiger partial charge in [-0.1, -0.05) is 12.6 Å². The molecule has 3 rings (SSSR count). The van der Waals surface area contributed by atoms with Gasteiger partial charge in [-0.2, -0.15) is 0 Å². The zero-order chi connectivity index (χ0) is 21.9. The lowest BCUT2D eigenvalue weighted by atomic mass is 9.93. The fraction of sp³-hybridized carbons (Fsp3) is 0.619. The van der Waals surface area contributed by atoms with Crippen LogP contribution < -0.4 is 4.72 Å². The third kappa shape index (κ3) is 5.39. The van der Waals surface area contributed by atoms with E-state index in [1.54, 1.807) is 18.7 Å². The van der Waals surface area contributed by atoms with Crippen molar-refractivity contribution in [3.05, 3.63) is 36.2 Å². The van der Waals surface area contributed by atoms with Crippen LogP contribution in [0.4, 0.5) is 4.79 Å². The van der Waals surface area contributed by atoms with Crippen LogP contribution in [0.2, 0.25) is 0 Å². The van der Waals surface area contributed by atoms with Crippen molar-refractivity contribution in [3.63, 3.8) is 0 Å². The van der Waals surface area contributed by atoms with Crippen molar-refractivity contribution in [2.24, 2.45) is 0 Å². The first-order valence-corrected chi connectivity index (χ1v) is 11.9. The molecule has 0 aliphatic carbocycles. The van der Waals surface area contributed by atoms with E-state index >= 15 is 0 Å². The van der Waals surface area contributed by atoms with E-state index in [1.165, 1.54) is 0 Å². The quantitative estimate of drug-likeness (QED) is 0.703. The van der Waals surface area contributed by atoms with Crippen molar-refractivity contribution >= 4 is 21.7 Å². The maximum atomic E-state index is 12.8. The molecule has 1 N–H and O–H groups in total. The minimum atomic E-state index is -3.53. The predicted octanol–water partition coefficient (Wildman–Crippen LogP) is 2.35. The molecule has 2 fully saturated rings. The van der Waals surface area contributed by atoms with Gasteiger partial charge in [-0.15, -0.1) is 0 Å². The molecule has 1 aromatic rings. The Hall–Kier alpha value is -1.97. The largest absolute Gasteiger partial charge is 0.447 e. The Balaban J connectivity index is 1.86. The summed E-state index contributed by atoms with van der Waals surface area (Å²) in [6.07, 6.45) is 1.07. The number of likely N-dealkylation sites (tertiary alicyclic amines) is 1. The molecular formula is C21H31N3O5S. The molecule has 2 saturated heterocycles. The van der Waals surface area contributed by atoms with Crippen LogP contribution in [0.15, 0.2) is 24.8 Å². The van der Waals surface area contributed by atoms with Crippen molar-refractivity contribution in [1.29, 1.82) is 0 Å². The standard InChI is InChI=1S/C21H31N3O5S/c1-14(2)18-8-5-7-16(22-18)11-20-19(23-30(26,27)17-12-28-13-17)9-6-10-24(20)21(25)29-15(3)4/h5,7-8,15,17,19-20,23H,1,6,9-13H2,2-4H3. The molecule has 0 saturated carbocycles. The Bertz CT molecular complexity index is 882. The minimum absolute atomic E-state index is 0.202. The number of allylic oxidation sites excluding steroid dienone is 1. The lowest BCUT2D eigenvalue weighted by molar-refractivity contribution is 0.0379. The number of hydrogen-bond donors (Lipinski definition) is 1. The second kappa shape index (κ2) is 9.45. The number of piperidine rings is 1. The molecule has 2 aliphatic heterocycles. The summed E-state index contributed by atoms with van der Waals surface area (Å²) in [6, 6.07) is 4.86. The Morgan fingerprint density at radius 2 is 2.13 bits per heavy atom. The number of rotatable bonds is 7. The topological polar surface area (TPSA) is 97.8 Å². The van der Waals surface area contributed by atoms with Crippen molar-refractivity contribution in [2.45, 2.75) is 63.5 Å². The first-order valence-electron chi connectivity index (χ1n) is 10.4. The summed E-state index contributed by atoms with van der Waals surface area (Å²) in [6.45, 7) is 10.3. The molecule has 30 heavy (non-hydrogen) atoms. The Labute approximate surface area is 178 Å². The number of nitrogens with zero attached hydrogens (tertiary/aromatic N) is 2. The summed E-state index contributed by atoms with van der Waals surface area (Å²) in [7, 11) is -3.53. The molecule has 8 nitrogen and oxygen atoms in total. The summed E-state index contributed by atoms with van der Waals surface area (Å²) in [4.78, 5) is 19.0. The molecule has 2 unspecified atom stereocenters. The third-order valence-electron chi connectivity index (χ3n) is 5.37. The number of amides is 1. The molecule has 9 heteroatoms. The third-order valence-corrected chi connectivity index (χ3v) is 7.16. The first kappa shape index (κ1) is 22.7. The molecule has 0 bridgehead atoms. The van der Waals surface area contributed by atoms with Crippen LogP contribution in [0, 0.1) is 0 Å². The van der Waals surface area contributed by atoms with E-state index in [0.717, 1.165) is 17.0 Å². The van der Waals surface area contributed by atoms with Gasteiger partial charge in [-0.25, -0.2) is 17.9 Å². The molecule has 2 atom stereocenters. The van der Waals surface area contributed by atoms with E-state index in [2.05, 4.69) is 16.3 Å². The normalized spacial score (nSPS) is 22.6. The second-order valence-electron chi connectivity index (χ2n) is 8.26. The van der Waals surface area contributed by atoms with Gasteiger partial charge in [0.05, 0.1) is 31.1 Å². The van der Waals surface area contributed by atoms with Gasteiger partial charge in [-0.05, 0) is 51.3 Å². The number of carbonyl (C=O) groups is 1. The smallest absolute Gasteiger partial charge is 0.410 e. The maximum absolute atomic E-state index is 12.8. The Kier molecular flexibility index (Phi) is 7.15. The van der Waals surface area contributed by atoms with Gasteiger partial charge in [0.2, 0.25) is 10.0 Å². The fourth-order valence-electron chi connectivity index (χ4n) is 3.69. The monoisotopic (exact) mass is 437 g/mol. The molecule has 1 aromatic heterocycles. The number of ether oxygens (including phenoxy) is 2. The van der Waals surface area contributed by atoms with E-state index in [4.69, 9.17) is 9.47 Å². The summed E-state index contributed by atoms with van der Waals surface area (Å²) in [5.74, 6) is 0. The summed E-state index contributed by atoms with van der Waals surface area (Å²) in [5, 5.41) is -0.541. The van der Waals surface area contributed by atoms with Crippen molar-refractivity contribution in [3.8, 4) is 0 Å². The van der Waals surface area contributed by atoms with Gasteiger partial charge in [0.25, 0.3) is 0 Å². The van der Waals surface area contributed by atoms with Crippen molar-refractivity contribution < 1.29 is 22.7 Å². The lowest BCUT2D eigenvalue weighted by Gasteiger charge is -2.41. The molecule has 0 spiro atoms. The fourth-order valence-corrected chi connectivity index (χ4v) is 5.13. The maximum Gasteiger partial charge on any atom is 0.410 e. The highest BCUT2D eigenvalue weighted by atomic mass is 32.2. The number of hydrogen-bond acceptors (Lipinski definition) is 6. The van der Waals surface area contributed by atoms with E-state index < -0.39 is 33.5 Å². The number of sulfonamides is 1. The molecule has 2 aliphatic rings. The predicted molar refractivity (Wildman–Crippen MR) is 114 cm³/mol. The van der Waals surface area contributed by atoms with Gasteiger partial charge in [0.1, 0.15) is 5.25 Å². The summed E-state index contributed by atoms with van der Waals surface area (Å²) < 4.78 is 38.8.